The van der Waals surface area contributed by atoms with Gasteiger partial charge < -0.3 is 9.16 Å². The van der Waals surface area contributed by atoms with Crippen LogP contribution in [0.4, 0.5) is 0 Å². The van der Waals surface area contributed by atoms with Gasteiger partial charge in [-0.25, -0.2) is 4.79 Å². The van der Waals surface area contributed by atoms with E-state index in [1.807, 2.05) is 19.6 Å². The van der Waals surface area contributed by atoms with Crippen LogP contribution in [-0.2, 0) is 18.8 Å². The topological polar surface area (TPSA) is 52.6 Å². The van der Waals surface area contributed by atoms with Crippen molar-refractivity contribution in [2.75, 3.05) is 7.11 Å². The molecule has 0 bridgehead atoms. The van der Waals surface area contributed by atoms with Gasteiger partial charge in [-0.2, -0.15) is 0 Å². The predicted octanol–water partition coefficient (Wildman–Crippen LogP) is 2.44. The summed E-state index contributed by atoms with van der Waals surface area (Å²) >= 11 is 6.16. The first-order chi connectivity index (χ1) is 8.69. The predicted molar refractivity (Wildman–Crippen MR) is 76.7 cm³/mol. The Kier molecular flexibility index (Phi) is 4.76. The van der Waals surface area contributed by atoms with Gasteiger partial charge in [-0.05, 0) is 38.2 Å². The zero-order chi connectivity index (χ0) is 14.8. The second-order valence-electron chi connectivity index (χ2n) is 5.31. The fraction of sp³-hybridized carbons (Fsp3) is 0.538. The van der Waals surface area contributed by atoms with Crippen LogP contribution < -0.4 is 0 Å². The molecule has 0 aliphatic heterocycles. The Labute approximate surface area is 119 Å². The van der Waals surface area contributed by atoms with E-state index in [-0.39, 0.29) is 5.78 Å². The van der Waals surface area contributed by atoms with Crippen molar-refractivity contribution in [3.8, 4) is 0 Å². The average molecular weight is 303 g/mol. The minimum Gasteiger partial charge on any atom is -0.467 e. The summed E-state index contributed by atoms with van der Waals surface area (Å²) in [5.74, 6) is -0.969. The van der Waals surface area contributed by atoms with E-state index in [1.54, 1.807) is 19.1 Å². The number of hydrogen-bond donors (Lipinski definition) is 0. The molecule has 0 unspecified atom stereocenters. The van der Waals surface area contributed by atoms with Crippen LogP contribution in [0.15, 0.2) is 23.8 Å². The zero-order valence-corrected chi connectivity index (χ0v) is 13.6. The third kappa shape index (κ3) is 2.99. The van der Waals surface area contributed by atoms with Gasteiger partial charge in [0.25, 0.3) is 0 Å². The summed E-state index contributed by atoms with van der Waals surface area (Å²) in [6, 6.07) is 0. The largest absolute Gasteiger partial charge is 0.467 e. The molecule has 19 heavy (non-hydrogen) atoms. The molecule has 4 nitrogen and oxygen atoms in total. The Hall–Kier alpha value is -0.913. The molecule has 1 aliphatic rings. The molecule has 0 aromatic heterocycles. The Balaban J connectivity index is 3.40. The summed E-state index contributed by atoms with van der Waals surface area (Å²) in [6.45, 7) is 7.58. The molecule has 0 aromatic rings. The lowest BCUT2D eigenvalue weighted by molar-refractivity contribution is -0.156. The van der Waals surface area contributed by atoms with Crippen molar-refractivity contribution >= 4 is 31.7 Å². The van der Waals surface area contributed by atoms with Crippen molar-refractivity contribution in [2.45, 2.75) is 37.5 Å². The van der Waals surface area contributed by atoms with Crippen molar-refractivity contribution in [2.24, 2.45) is 0 Å². The summed E-state index contributed by atoms with van der Waals surface area (Å²) in [7, 11) is -0.867. The van der Waals surface area contributed by atoms with E-state index in [9.17, 15) is 9.59 Å². The lowest BCUT2D eigenvalue weighted by Gasteiger charge is -2.36. The highest BCUT2D eigenvalue weighted by molar-refractivity contribution is 6.70. The normalized spacial score (nSPS) is 27.8. The smallest absolute Gasteiger partial charge is 0.343 e. The summed E-state index contributed by atoms with van der Waals surface area (Å²) in [6.07, 6.45) is 4.76. The minimum absolute atomic E-state index is 0.335. The van der Waals surface area contributed by atoms with Gasteiger partial charge in [-0.3, -0.25) is 4.79 Å². The number of methoxy groups -OCH3 is 1. The van der Waals surface area contributed by atoms with Crippen molar-refractivity contribution in [1.29, 1.82) is 0 Å². The van der Waals surface area contributed by atoms with Crippen LogP contribution in [0.25, 0.3) is 0 Å². The number of carbonyl (C=O) groups is 2. The second kappa shape index (κ2) is 5.61. The molecule has 6 heteroatoms. The van der Waals surface area contributed by atoms with Crippen molar-refractivity contribution in [3.05, 3.63) is 23.8 Å². The van der Waals surface area contributed by atoms with Gasteiger partial charge in [0.2, 0.25) is 5.60 Å². The van der Waals surface area contributed by atoms with Crippen LogP contribution >= 0.6 is 11.6 Å². The maximum absolute atomic E-state index is 12.2. The van der Waals surface area contributed by atoms with E-state index in [2.05, 4.69) is 0 Å². The quantitative estimate of drug-likeness (QED) is 0.455. The fourth-order valence-corrected chi connectivity index (χ4v) is 3.72. The van der Waals surface area contributed by atoms with E-state index in [4.69, 9.17) is 20.8 Å². The van der Waals surface area contributed by atoms with Crippen LogP contribution in [0, 0.1) is 0 Å². The van der Waals surface area contributed by atoms with E-state index < -0.39 is 25.3 Å². The summed E-state index contributed by atoms with van der Waals surface area (Å²) in [5.41, 5.74) is -1.07. The zero-order valence-electron chi connectivity index (χ0n) is 11.8. The molecule has 0 spiro atoms. The van der Waals surface area contributed by atoms with Gasteiger partial charge in [-0.15, -0.1) is 11.6 Å². The number of rotatable bonds is 4. The molecule has 106 valence electrons. The molecule has 0 aromatic carbocycles. The minimum atomic E-state index is -2.13. The van der Waals surface area contributed by atoms with E-state index in [1.165, 1.54) is 13.2 Å². The first-order valence-electron chi connectivity index (χ1n) is 6.00. The maximum Gasteiger partial charge on any atom is 0.343 e. The van der Waals surface area contributed by atoms with E-state index in [0.29, 0.717) is 5.57 Å². The highest BCUT2D eigenvalue weighted by Gasteiger charge is 2.58. The highest BCUT2D eigenvalue weighted by atomic mass is 35.5. The molecule has 0 N–H and O–H groups in total. The number of hydrogen-bond acceptors (Lipinski definition) is 4. The van der Waals surface area contributed by atoms with Crippen molar-refractivity contribution < 1.29 is 18.8 Å². The van der Waals surface area contributed by atoms with Gasteiger partial charge in [0, 0.05) is 0 Å². The molecule has 0 radical (unpaired) electrons. The Morgan fingerprint density at radius 2 is 2.05 bits per heavy atom. The molecule has 1 rings (SSSR count). The van der Waals surface area contributed by atoms with Crippen LogP contribution in [0.5, 0.6) is 0 Å². The number of carbonyl (C=O) groups excluding carboxylic acids is 2. The number of allylic oxidation sites excluding steroid dienone is 2. The van der Waals surface area contributed by atoms with Crippen LogP contribution in [-0.4, -0.2) is 38.2 Å². The van der Waals surface area contributed by atoms with E-state index >= 15 is 0 Å². The molecule has 0 saturated heterocycles. The average Bonchev–Trinajstić information content (AvgIpc) is 2.52. The van der Waals surface area contributed by atoms with Crippen LogP contribution in [0.3, 0.4) is 0 Å². The molecule has 1 aliphatic carbocycles. The number of alkyl halides is 1. The molecular weight excluding hydrogens is 284 g/mol. The Morgan fingerprint density at radius 3 is 2.47 bits per heavy atom. The van der Waals surface area contributed by atoms with Crippen molar-refractivity contribution in [1.82, 2.24) is 0 Å². The fourth-order valence-electron chi connectivity index (χ4n) is 2.04. The molecule has 0 saturated carbocycles. The standard InChI is InChI=1S/C13H19ClO4Si/c1-6-7-9-8-10(15)11(14)13(9,12(16)17-2)18-19(3,4)5/h6-8,11H,1-5H3/b7-6+/t11-,13-/m1/s1. The van der Waals surface area contributed by atoms with Gasteiger partial charge in [-0.1, -0.05) is 12.2 Å². The number of esters is 1. The summed E-state index contributed by atoms with van der Waals surface area (Å²) < 4.78 is 10.8. The maximum atomic E-state index is 12.2. The van der Waals surface area contributed by atoms with Crippen LogP contribution in [0.1, 0.15) is 6.92 Å². The summed E-state index contributed by atoms with van der Waals surface area (Å²) in [4.78, 5) is 24.1. The van der Waals surface area contributed by atoms with Crippen molar-refractivity contribution in [3.63, 3.8) is 0 Å². The van der Waals surface area contributed by atoms with Crippen LogP contribution in [0.2, 0.25) is 19.6 Å². The molecule has 0 fully saturated rings. The third-order valence-electron chi connectivity index (χ3n) is 2.64. The van der Waals surface area contributed by atoms with E-state index in [0.717, 1.165) is 0 Å². The monoisotopic (exact) mass is 302 g/mol. The van der Waals surface area contributed by atoms with Gasteiger partial charge in [0.15, 0.2) is 14.1 Å². The lowest BCUT2D eigenvalue weighted by atomic mass is 9.95. The van der Waals surface area contributed by atoms with Gasteiger partial charge in [0.1, 0.15) is 5.38 Å². The molecule has 0 amide bonds. The Morgan fingerprint density at radius 1 is 1.47 bits per heavy atom. The third-order valence-corrected chi connectivity index (χ3v) is 4.09. The number of halogens is 1. The number of ketones is 1. The highest BCUT2D eigenvalue weighted by Crippen LogP contribution is 2.40. The SMILES string of the molecule is C/C=C/C1=CC(=O)[C@@H](Cl)[C@@]1(O[Si](C)(C)C)C(=O)OC. The van der Waals surface area contributed by atoms with Gasteiger partial charge in [0.05, 0.1) is 7.11 Å². The second-order valence-corrected chi connectivity index (χ2v) is 10.2. The summed E-state index contributed by atoms with van der Waals surface area (Å²) in [5, 5.41) is -1.09. The number of ether oxygens (including phenoxy) is 1. The molecular formula is C13H19ClO4Si. The first-order valence-corrected chi connectivity index (χ1v) is 9.85. The molecule has 0 heterocycles. The lowest BCUT2D eigenvalue weighted by Crippen LogP contribution is -2.55. The Bertz CT molecular complexity index is 450. The first kappa shape index (κ1) is 16.1. The molecule has 2 atom stereocenters. The van der Waals surface area contributed by atoms with Gasteiger partial charge >= 0.3 is 5.97 Å².